The van der Waals surface area contributed by atoms with E-state index in [0.29, 0.717) is 0 Å². The highest BCUT2D eigenvalue weighted by molar-refractivity contribution is 5.71. The highest BCUT2D eigenvalue weighted by atomic mass is 14.9. The van der Waals surface area contributed by atoms with Crippen LogP contribution in [0.4, 0.5) is 11.4 Å². The fourth-order valence-corrected chi connectivity index (χ4v) is 0.937. The molecular formula is C9H12N2. The molecule has 0 saturated heterocycles. The minimum atomic E-state index is 0.984. The summed E-state index contributed by atoms with van der Waals surface area (Å²) in [6, 6.07) is 7.94. The van der Waals surface area contributed by atoms with Gasteiger partial charge in [0, 0.05) is 13.3 Å². The van der Waals surface area contributed by atoms with Crippen molar-refractivity contribution in [2.24, 2.45) is 4.99 Å². The molecule has 58 valence electrons. The third-order valence-corrected chi connectivity index (χ3v) is 1.44. The first-order chi connectivity index (χ1) is 5.38. The Bertz CT molecular complexity index is 253. The zero-order valence-corrected chi connectivity index (χ0v) is 6.83. The van der Waals surface area contributed by atoms with Gasteiger partial charge >= 0.3 is 0 Å². The second kappa shape index (κ2) is 3.76. The van der Waals surface area contributed by atoms with Crippen LogP contribution in [-0.2, 0) is 0 Å². The number of anilines is 1. The van der Waals surface area contributed by atoms with E-state index in [9.17, 15) is 0 Å². The highest BCUT2D eigenvalue weighted by Crippen LogP contribution is 2.22. The van der Waals surface area contributed by atoms with Gasteiger partial charge in [0.2, 0.25) is 0 Å². The van der Waals surface area contributed by atoms with Gasteiger partial charge in [-0.15, -0.1) is 0 Å². The van der Waals surface area contributed by atoms with Crippen LogP contribution < -0.4 is 5.32 Å². The van der Waals surface area contributed by atoms with E-state index in [-0.39, 0.29) is 0 Å². The van der Waals surface area contributed by atoms with E-state index in [2.05, 4.69) is 10.3 Å². The van der Waals surface area contributed by atoms with E-state index in [1.165, 1.54) is 0 Å². The SMILES string of the molecule is CC=Nc1ccccc1NC. The molecule has 0 bridgehead atoms. The standard InChI is InChI=1S/C9H12N2/c1-3-11-9-7-5-4-6-8(9)10-2/h3-7,10H,1-2H3. The van der Waals surface area contributed by atoms with Crippen LogP contribution in [0.25, 0.3) is 0 Å². The van der Waals surface area contributed by atoms with Crippen LogP contribution in [0, 0.1) is 0 Å². The van der Waals surface area contributed by atoms with Gasteiger partial charge in [-0.05, 0) is 19.1 Å². The third kappa shape index (κ3) is 1.80. The summed E-state index contributed by atoms with van der Waals surface area (Å²) in [7, 11) is 1.89. The molecule has 0 heterocycles. The molecule has 0 radical (unpaired) electrons. The molecule has 0 aliphatic heterocycles. The highest BCUT2D eigenvalue weighted by Gasteiger charge is 1.93. The van der Waals surface area contributed by atoms with Gasteiger partial charge < -0.3 is 5.32 Å². The second-order valence-electron chi connectivity index (χ2n) is 2.15. The average molecular weight is 148 g/mol. The lowest BCUT2D eigenvalue weighted by molar-refractivity contribution is 1.45. The number of para-hydroxylation sites is 2. The van der Waals surface area contributed by atoms with Gasteiger partial charge in [0.1, 0.15) is 0 Å². The molecule has 2 heteroatoms. The van der Waals surface area contributed by atoms with Crippen LogP contribution in [0.2, 0.25) is 0 Å². The van der Waals surface area contributed by atoms with E-state index in [4.69, 9.17) is 0 Å². The predicted octanol–water partition coefficient (Wildman–Crippen LogP) is 2.45. The maximum Gasteiger partial charge on any atom is 0.0856 e. The van der Waals surface area contributed by atoms with Crippen molar-refractivity contribution in [1.82, 2.24) is 0 Å². The minimum Gasteiger partial charge on any atom is -0.386 e. The average Bonchev–Trinajstić information content (AvgIpc) is 2.06. The monoisotopic (exact) mass is 148 g/mol. The van der Waals surface area contributed by atoms with Gasteiger partial charge in [-0.25, -0.2) is 0 Å². The molecule has 0 aliphatic carbocycles. The van der Waals surface area contributed by atoms with Crippen molar-refractivity contribution in [3.05, 3.63) is 24.3 Å². The molecule has 0 fully saturated rings. The van der Waals surface area contributed by atoms with Crippen molar-refractivity contribution in [3.63, 3.8) is 0 Å². The molecule has 0 amide bonds. The lowest BCUT2D eigenvalue weighted by Gasteiger charge is -2.02. The normalized spacial score (nSPS) is 10.4. The summed E-state index contributed by atoms with van der Waals surface area (Å²) < 4.78 is 0. The van der Waals surface area contributed by atoms with E-state index < -0.39 is 0 Å². The minimum absolute atomic E-state index is 0.984. The summed E-state index contributed by atoms with van der Waals surface area (Å²) in [5.41, 5.74) is 2.04. The zero-order valence-electron chi connectivity index (χ0n) is 6.83. The van der Waals surface area contributed by atoms with Crippen molar-refractivity contribution in [2.45, 2.75) is 6.92 Å². The van der Waals surface area contributed by atoms with Crippen molar-refractivity contribution < 1.29 is 0 Å². The number of nitrogens with one attached hydrogen (secondary N) is 1. The molecule has 11 heavy (non-hydrogen) atoms. The Labute approximate surface area is 67.0 Å². The number of rotatable bonds is 2. The summed E-state index contributed by atoms with van der Waals surface area (Å²) in [6.45, 7) is 1.91. The molecule has 0 unspecified atom stereocenters. The Morgan fingerprint density at radius 3 is 2.73 bits per heavy atom. The molecule has 1 rings (SSSR count). The molecular weight excluding hydrogens is 136 g/mol. The van der Waals surface area contributed by atoms with Gasteiger partial charge in [0.15, 0.2) is 0 Å². The first-order valence-corrected chi connectivity index (χ1v) is 3.64. The van der Waals surface area contributed by atoms with E-state index in [1.54, 1.807) is 6.21 Å². The van der Waals surface area contributed by atoms with Crippen molar-refractivity contribution in [2.75, 3.05) is 12.4 Å². The molecule has 2 nitrogen and oxygen atoms in total. The van der Waals surface area contributed by atoms with Crippen molar-refractivity contribution in [1.29, 1.82) is 0 Å². The quantitative estimate of drug-likeness (QED) is 0.640. The Balaban J connectivity index is 3.02. The molecule has 1 N–H and O–H groups in total. The lowest BCUT2D eigenvalue weighted by Crippen LogP contribution is -1.86. The van der Waals surface area contributed by atoms with Crippen LogP contribution in [0.5, 0.6) is 0 Å². The van der Waals surface area contributed by atoms with Crippen LogP contribution in [0.3, 0.4) is 0 Å². The van der Waals surface area contributed by atoms with Crippen molar-refractivity contribution in [3.8, 4) is 0 Å². The van der Waals surface area contributed by atoms with Crippen LogP contribution >= 0.6 is 0 Å². The van der Waals surface area contributed by atoms with Crippen LogP contribution in [0.1, 0.15) is 6.92 Å². The van der Waals surface area contributed by atoms with Crippen LogP contribution in [-0.4, -0.2) is 13.3 Å². The Hall–Kier alpha value is -1.31. The van der Waals surface area contributed by atoms with Gasteiger partial charge in [-0.2, -0.15) is 0 Å². The second-order valence-corrected chi connectivity index (χ2v) is 2.15. The van der Waals surface area contributed by atoms with Crippen LogP contribution in [0.15, 0.2) is 29.3 Å². The van der Waals surface area contributed by atoms with E-state index in [1.807, 2.05) is 38.2 Å². The fraction of sp³-hybridized carbons (Fsp3) is 0.222. The number of hydrogen-bond acceptors (Lipinski definition) is 2. The zero-order chi connectivity index (χ0) is 8.10. The Kier molecular flexibility index (Phi) is 2.66. The maximum atomic E-state index is 4.19. The Morgan fingerprint density at radius 1 is 1.36 bits per heavy atom. The number of nitrogens with zero attached hydrogens (tertiary/aromatic N) is 1. The summed E-state index contributed by atoms with van der Waals surface area (Å²) in [6.07, 6.45) is 1.79. The number of hydrogen-bond donors (Lipinski definition) is 1. The van der Waals surface area contributed by atoms with Gasteiger partial charge in [-0.1, -0.05) is 12.1 Å². The predicted molar refractivity (Wildman–Crippen MR) is 49.8 cm³/mol. The van der Waals surface area contributed by atoms with Crippen molar-refractivity contribution >= 4 is 17.6 Å². The largest absolute Gasteiger partial charge is 0.386 e. The summed E-state index contributed by atoms with van der Waals surface area (Å²) in [5, 5.41) is 3.07. The molecule has 0 saturated carbocycles. The lowest BCUT2D eigenvalue weighted by atomic mass is 10.3. The summed E-state index contributed by atoms with van der Waals surface area (Å²) in [4.78, 5) is 4.19. The Morgan fingerprint density at radius 2 is 2.09 bits per heavy atom. The van der Waals surface area contributed by atoms with E-state index >= 15 is 0 Å². The summed E-state index contributed by atoms with van der Waals surface area (Å²) in [5.74, 6) is 0. The maximum absolute atomic E-state index is 4.19. The molecule has 0 aliphatic rings. The molecule has 0 aromatic heterocycles. The number of aliphatic imine (C=N–C) groups is 1. The molecule has 0 spiro atoms. The van der Waals surface area contributed by atoms with Gasteiger partial charge in [0.05, 0.1) is 11.4 Å². The molecule has 1 aromatic rings. The smallest absolute Gasteiger partial charge is 0.0856 e. The van der Waals surface area contributed by atoms with Gasteiger partial charge in [0.25, 0.3) is 0 Å². The molecule has 1 aromatic carbocycles. The topological polar surface area (TPSA) is 24.4 Å². The third-order valence-electron chi connectivity index (χ3n) is 1.44. The van der Waals surface area contributed by atoms with E-state index in [0.717, 1.165) is 11.4 Å². The fourth-order valence-electron chi connectivity index (χ4n) is 0.937. The molecule has 0 atom stereocenters. The number of benzene rings is 1. The summed E-state index contributed by atoms with van der Waals surface area (Å²) >= 11 is 0. The first-order valence-electron chi connectivity index (χ1n) is 3.64. The van der Waals surface area contributed by atoms with Gasteiger partial charge in [-0.3, -0.25) is 4.99 Å². The first kappa shape index (κ1) is 7.79.